The second-order valence-electron chi connectivity index (χ2n) is 6.71. The van der Waals surface area contributed by atoms with Gasteiger partial charge in [-0.1, -0.05) is 0 Å². The molecule has 0 unspecified atom stereocenters. The van der Waals surface area contributed by atoms with Gasteiger partial charge < -0.3 is 24.7 Å². The van der Waals surface area contributed by atoms with E-state index in [2.05, 4.69) is 0 Å². The van der Waals surface area contributed by atoms with Crippen LogP contribution in [0.1, 0.15) is 0 Å². The molecule has 0 aliphatic carbocycles. The van der Waals surface area contributed by atoms with Crippen LogP contribution < -0.4 is 0 Å². The lowest BCUT2D eigenvalue weighted by Crippen LogP contribution is -2.77. The molecule has 2 rings (SSSR count). The van der Waals surface area contributed by atoms with Crippen molar-refractivity contribution in [1.82, 2.24) is 0 Å². The second kappa shape index (κ2) is 4.42. The lowest BCUT2D eigenvalue weighted by atomic mass is 11.9. The summed E-state index contributed by atoms with van der Waals surface area (Å²) in [5.41, 5.74) is 0. The van der Waals surface area contributed by atoms with Gasteiger partial charge in [0.2, 0.25) is 0 Å². The third-order valence-corrected chi connectivity index (χ3v) is 22.2. The minimum Gasteiger partial charge on any atom is -0.416 e. The molecule has 11 heteroatoms. The maximum Gasteiger partial charge on any atom is 0.643 e. The smallest absolute Gasteiger partial charge is 0.416 e. The van der Waals surface area contributed by atoms with Gasteiger partial charge in [0, 0.05) is 0 Å². The highest BCUT2D eigenvalue weighted by atomic mass is 28.6. The van der Waals surface area contributed by atoms with E-state index in [1.807, 2.05) is 52.4 Å². The van der Waals surface area contributed by atoms with Crippen molar-refractivity contribution in [2.24, 2.45) is 0 Å². The van der Waals surface area contributed by atoms with Crippen LogP contribution in [0.3, 0.4) is 0 Å². The van der Waals surface area contributed by atoms with Gasteiger partial charge in [-0.2, -0.15) is 0 Å². The molecule has 2 heterocycles. The summed E-state index contributed by atoms with van der Waals surface area (Å²) in [6, 6.07) is 0. The quantitative estimate of drug-likeness (QED) is 0.621. The normalized spacial score (nSPS) is 34.1. The van der Waals surface area contributed by atoms with Gasteiger partial charge in [-0.05, 0) is 52.4 Å². The Bertz CT molecular complexity index is 312. The predicted molar refractivity (Wildman–Crippen MR) is 82.2 cm³/mol. The summed E-state index contributed by atoms with van der Waals surface area (Å²) < 4.78 is 36.5. The summed E-state index contributed by atoms with van der Waals surface area (Å²) in [5, 5.41) is 0. The van der Waals surface area contributed by atoms with Gasteiger partial charge in [-0.3, -0.25) is 0 Å². The molecule has 2 aliphatic heterocycles. The van der Waals surface area contributed by atoms with Crippen molar-refractivity contribution in [3.05, 3.63) is 0 Å². The molecule has 0 atom stereocenters. The fourth-order valence-corrected chi connectivity index (χ4v) is 27.1. The standard InChI is InChI=1S/C8H24O6Si5/c1-15(2)9-16(3,4)12-19(11-15)13-17(5,6)10-18(7,8)14-19/h1-8H3. The van der Waals surface area contributed by atoms with E-state index in [0.717, 1.165) is 0 Å². The lowest BCUT2D eigenvalue weighted by molar-refractivity contribution is 0.0553. The minimum absolute atomic E-state index is 2.02. The maximum atomic E-state index is 6.12. The van der Waals surface area contributed by atoms with Crippen molar-refractivity contribution in [1.29, 1.82) is 0 Å². The second-order valence-corrected chi connectivity index (χ2v) is 23.8. The van der Waals surface area contributed by atoms with Crippen molar-refractivity contribution in [2.75, 3.05) is 0 Å². The first-order valence-corrected chi connectivity index (χ1v) is 19.3. The molecule has 0 saturated carbocycles. The molecule has 1 spiro atoms. The van der Waals surface area contributed by atoms with Crippen LogP contribution >= 0.6 is 0 Å². The zero-order valence-corrected chi connectivity index (χ0v) is 17.9. The van der Waals surface area contributed by atoms with Gasteiger partial charge in [-0.25, -0.2) is 0 Å². The van der Waals surface area contributed by atoms with Crippen LogP contribution in [-0.4, -0.2) is 43.3 Å². The van der Waals surface area contributed by atoms with Crippen LogP contribution in [0, 0.1) is 0 Å². The number of hydrogen-bond donors (Lipinski definition) is 0. The van der Waals surface area contributed by atoms with Crippen molar-refractivity contribution >= 4 is 43.3 Å². The van der Waals surface area contributed by atoms with Crippen molar-refractivity contribution in [3.8, 4) is 0 Å². The third kappa shape index (κ3) is 3.94. The Kier molecular flexibility index (Phi) is 3.77. The SMILES string of the molecule is C[Si]1(C)O[Si](C)(C)O[Si]2(O1)O[Si](C)(C)O[Si](C)(C)O2. The van der Waals surface area contributed by atoms with Crippen LogP contribution in [0.4, 0.5) is 0 Å². The van der Waals surface area contributed by atoms with E-state index in [0.29, 0.717) is 0 Å². The Labute approximate surface area is 120 Å². The monoisotopic (exact) mass is 356 g/mol. The number of hydrogen-bond acceptors (Lipinski definition) is 6. The van der Waals surface area contributed by atoms with E-state index in [4.69, 9.17) is 24.7 Å². The molecule has 2 fully saturated rings. The van der Waals surface area contributed by atoms with Crippen LogP contribution in [0.5, 0.6) is 0 Å². The van der Waals surface area contributed by atoms with Gasteiger partial charge in [0.25, 0.3) is 0 Å². The van der Waals surface area contributed by atoms with E-state index >= 15 is 0 Å². The molecule has 112 valence electrons. The van der Waals surface area contributed by atoms with Gasteiger partial charge in [0.1, 0.15) is 0 Å². The molecule has 2 saturated heterocycles. The topological polar surface area (TPSA) is 55.4 Å². The van der Waals surface area contributed by atoms with Gasteiger partial charge in [-0.15, -0.1) is 0 Å². The lowest BCUT2D eigenvalue weighted by Gasteiger charge is -2.53. The van der Waals surface area contributed by atoms with Crippen molar-refractivity contribution in [2.45, 2.75) is 52.4 Å². The van der Waals surface area contributed by atoms with Crippen LogP contribution in [-0.2, 0) is 24.7 Å². The Morgan fingerprint density at radius 2 is 0.579 bits per heavy atom. The molecular weight excluding hydrogens is 333 g/mol. The Morgan fingerprint density at radius 1 is 0.368 bits per heavy atom. The zero-order valence-electron chi connectivity index (χ0n) is 12.9. The van der Waals surface area contributed by atoms with E-state index < -0.39 is 43.3 Å². The van der Waals surface area contributed by atoms with Crippen molar-refractivity contribution in [3.63, 3.8) is 0 Å². The van der Waals surface area contributed by atoms with E-state index in [-0.39, 0.29) is 0 Å². The minimum atomic E-state index is -3.11. The number of rotatable bonds is 0. The molecule has 2 aliphatic rings. The summed E-state index contributed by atoms with van der Waals surface area (Å²) in [7, 11) is -12.2. The summed E-state index contributed by atoms with van der Waals surface area (Å²) >= 11 is 0. The molecule has 0 aromatic carbocycles. The third-order valence-electron chi connectivity index (χ3n) is 2.47. The first-order chi connectivity index (χ1) is 8.24. The predicted octanol–water partition coefficient (Wildman–Crippen LogP) is 2.36. The van der Waals surface area contributed by atoms with Gasteiger partial charge >= 0.3 is 43.3 Å². The Hall–Kier alpha value is 0.844. The molecule has 0 aromatic rings. The highest BCUT2D eigenvalue weighted by molar-refractivity contribution is 6.97. The summed E-state index contributed by atoms with van der Waals surface area (Å²) in [4.78, 5) is 0. The highest BCUT2D eigenvalue weighted by Crippen LogP contribution is 2.39. The molecule has 0 bridgehead atoms. The summed E-state index contributed by atoms with van der Waals surface area (Å²) in [6.07, 6.45) is 0. The highest BCUT2D eigenvalue weighted by Gasteiger charge is 2.67. The molecule has 6 nitrogen and oxygen atoms in total. The summed E-state index contributed by atoms with van der Waals surface area (Å²) in [6.45, 7) is 16.1. The molecular formula is C8H24O6Si5. The molecule has 0 N–H and O–H groups in total. The van der Waals surface area contributed by atoms with E-state index in [9.17, 15) is 0 Å². The zero-order chi connectivity index (χ0) is 14.7. The average molecular weight is 357 g/mol. The first kappa shape index (κ1) is 16.2. The molecule has 0 radical (unpaired) electrons. The fourth-order valence-electron chi connectivity index (χ4n) is 2.60. The van der Waals surface area contributed by atoms with Gasteiger partial charge in [0.05, 0.1) is 0 Å². The van der Waals surface area contributed by atoms with Gasteiger partial charge in [0.15, 0.2) is 0 Å². The Morgan fingerprint density at radius 3 is 0.789 bits per heavy atom. The van der Waals surface area contributed by atoms with E-state index in [1.54, 1.807) is 0 Å². The maximum absolute atomic E-state index is 6.12. The summed E-state index contributed by atoms with van der Waals surface area (Å²) in [5.74, 6) is 0. The van der Waals surface area contributed by atoms with Crippen LogP contribution in [0.2, 0.25) is 52.4 Å². The van der Waals surface area contributed by atoms with Crippen molar-refractivity contribution < 1.29 is 24.7 Å². The van der Waals surface area contributed by atoms with E-state index in [1.165, 1.54) is 0 Å². The molecule has 0 amide bonds. The largest absolute Gasteiger partial charge is 0.643 e. The average Bonchev–Trinajstić information content (AvgIpc) is 1.84. The molecule has 19 heavy (non-hydrogen) atoms. The fraction of sp³-hybridized carbons (Fsp3) is 1.00. The Balaban J connectivity index is 2.35. The van der Waals surface area contributed by atoms with Crippen LogP contribution in [0.25, 0.3) is 0 Å². The van der Waals surface area contributed by atoms with Crippen LogP contribution in [0.15, 0.2) is 0 Å². The molecule has 0 aromatic heterocycles. The first-order valence-electron chi connectivity index (χ1n) is 6.45.